The van der Waals surface area contributed by atoms with Gasteiger partial charge >= 0.3 is 12.1 Å². The molecule has 3 rings (SSSR count). The molecule has 3 amide bonds. The van der Waals surface area contributed by atoms with Crippen molar-refractivity contribution >= 4 is 29.6 Å². The molecule has 2 aromatic carbocycles. The molecular formula is C26H31N3O6. The lowest BCUT2D eigenvalue weighted by molar-refractivity contribution is -0.130. The van der Waals surface area contributed by atoms with Crippen molar-refractivity contribution in [3.05, 3.63) is 65.2 Å². The van der Waals surface area contributed by atoms with Gasteiger partial charge < -0.3 is 20.5 Å². The van der Waals surface area contributed by atoms with E-state index in [2.05, 4.69) is 10.6 Å². The molecule has 0 unspecified atom stereocenters. The number of amides is 3. The molecule has 1 saturated heterocycles. The maximum Gasteiger partial charge on any atom is 0.410 e. The zero-order valence-corrected chi connectivity index (χ0v) is 20.1. The summed E-state index contributed by atoms with van der Waals surface area (Å²) >= 11 is 0. The third kappa shape index (κ3) is 6.38. The average molecular weight is 482 g/mol. The fourth-order valence-corrected chi connectivity index (χ4v) is 4.11. The summed E-state index contributed by atoms with van der Waals surface area (Å²) in [7, 11) is 0. The van der Waals surface area contributed by atoms with Crippen LogP contribution in [0.15, 0.2) is 48.5 Å². The summed E-state index contributed by atoms with van der Waals surface area (Å²) in [6.07, 6.45) is 0.519. The van der Waals surface area contributed by atoms with Gasteiger partial charge in [0.1, 0.15) is 18.7 Å². The van der Waals surface area contributed by atoms with Crippen LogP contribution in [0.4, 0.5) is 10.5 Å². The standard InChI is InChI=1S/C26H31N3O6/c1-16(2)22(24(31)27-19-12-7-9-17(3)21(19)25(32)33)28-23(30)20-13-8-14-29(20)26(34)35-15-18-10-5-4-6-11-18/h4-7,9-12,16,20,22H,8,13-15H2,1-3H3,(H,27,31)(H,28,30)(H,32,33)/t20-,22+/m0/s1. The Morgan fingerprint density at radius 2 is 1.80 bits per heavy atom. The van der Waals surface area contributed by atoms with Crippen molar-refractivity contribution in [2.45, 2.75) is 52.3 Å². The number of carbonyl (C=O) groups is 4. The van der Waals surface area contributed by atoms with Crippen LogP contribution in [0, 0.1) is 12.8 Å². The Bertz CT molecular complexity index is 1090. The van der Waals surface area contributed by atoms with Gasteiger partial charge in [0.15, 0.2) is 0 Å². The van der Waals surface area contributed by atoms with Gasteiger partial charge in [0, 0.05) is 6.54 Å². The number of carboxylic acid groups (broad SMARTS) is 1. The third-order valence-corrected chi connectivity index (χ3v) is 5.99. The number of aromatic carboxylic acids is 1. The van der Waals surface area contributed by atoms with Gasteiger partial charge in [-0.1, -0.05) is 56.3 Å². The van der Waals surface area contributed by atoms with Crippen LogP contribution in [0.25, 0.3) is 0 Å². The lowest BCUT2D eigenvalue weighted by Crippen LogP contribution is -2.53. The molecule has 0 aromatic heterocycles. The second-order valence-electron chi connectivity index (χ2n) is 8.91. The van der Waals surface area contributed by atoms with Crippen molar-refractivity contribution in [3.8, 4) is 0 Å². The predicted molar refractivity (Wildman–Crippen MR) is 130 cm³/mol. The van der Waals surface area contributed by atoms with E-state index in [-0.39, 0.29) is 23.8 Å². The minimum Gasteiger partial charge on any atom is -0.478 e. The molecule has 9 heteroatoms. The van der Waals surface area contributed by atoms with E-state index in [1.807, 2.05) is 30.3 Å². The lowest BCUT2D eigenvalue weighted by Gasteiger charge is -2.27. The normalized spacial score (nSPS) is 16.0. The molecule has 1 aliphatic heterocycles. The van der Waals surface area contributed by atoms with Gasteiger partial charge in [0.2, 0.25) is 11.8 Å². The number of nitrogens with one attached hydrogen (secondary N) is 2. The van der Waals surface area contributed by atoms with Gasteiger partial charge in [-0.2, -0.15) is 0 Å². The zero-order valence-electron chi connectivity index (χ0n) is 20.1. The van der Waals surface area contributed by atoms with Crippen LogP contribution in [0.5, 0.6) is 0 Å². The highest BCUT2D eigenvalue weighted by Crippen LogP contribution is 2.22. The first-order chi connectivity index (χ1) is 16.7. The summed E-state index contributed by atoms with van der Waals surface area (Å²) in [5.74, 6) is -2.41. The van der Waals surface area contributed by atoms with Gasteiger partial charge in [-0.05, 0) is 42.9 Å². The summed E-state index contributed by atoms with van der Waals surface area (Å²) < 4.78 is 5.39. The van der Waals surface area contributed by atoms with Gasteiger partial charge in [-0.25, -0.2) is 9.59 Å². The van der Waals surface area contributed by atoms with E-state index >= 15 is 0 Å². The summed E-state index contributed by atoms with van der Waals surface area (Å²) in [5.41, 5.74) is 1.51. The quantitative estimate of drug-likeness (QED) is 0.529. The molecular weight excluding hydrogens is 450 g/mol. The molecule has 35 heavy (non-hydrogen) atoms. The second kappa shape index (κ2) is 11.5. The fraction of sp³-hybridized carbons (Fsp3) is 0.385. The minimum absolute atomic E-state index is 0.00203. The summed E-state index contributed by atoms with van der Waals surface area (Å²) in [6.45, 7) is 5.69. The number of hydrogen-bond donors (Lipinski definition) is 3. The largest absolute Gasteiger partial charge is 0.478 e. The summed E-state index contributed by atoms with van der Waals surface area (Å²) in [6, 6.07) is 12.4. The molecule has 9 nitrogen and oxygen atoms in total. The molecule has 3 N–H and O–H groups in total. The Labute approximate surface area is 204 Å². The lowest BCUT2D eigenvalue weighted by atomic mass is 10.0. The van der Waals surface area contributed by atoms with Gasteiger partial charge in [0.25, 0.3) is 0 Å². The fourth-order valence-electron chi connectivity index (χ4n) is 4.11. The number of aryl methyl sites for hydroxylation is 1. The number of rotatable bonds is 8. The van der Waals surface area contributed by atoms with Crippen LogP contribution in [0.1, 0.15) is 48.2 Å². The van der Waals surface area contributed by atoms with Crippen molar-refractivity contribution in [1.82, 2.24) is 10.2 Å². The molecule has 0 spiro atoms. The Morgan fingerprint density at radius 1 is 1.09 bits per heavy atom. The van der Waals surface area contributed by atoms with Gasteiger partial charge in [-0.15, -0.1) is 0 Å². The molecule has 0 aliphatic carbocycles. The van der Waals surface area contributed by atoms with Crippen molar-refractivity contribution in [2.75, 3.05) is 11.9 Å². The second-order valence-corrected chi connectivity index (χ2v) is 8.91. The predicted octanol–water partition coefficient (Wildman–Crippen LogP) is 3.57. The van der Waals surface area contributed by atoms with Crippen LogP contribution < -0.4 is 10.6 Å². The minimum atomic E-state index is -1.15. The van der Waals surface area contributed by atoms with Crippen molar-refractivity contribution in [2.24, 2.45) is 5.92 Å². The molecule has 0 radical (unpaired) electrons. The Balaban J connectivity index is 1.66. The summed E-state index contributed by atoms with van der Waals surface area (Å²) in [5, 5.41) is 14.9. The van der Waals surface area contributed by atoms with E-state index in [1.165, 1.54) is 11.0 Å². The number of anilines is 1. The first kappa shape index (κ1) is 25.7. The van der Waals surface area contributed by atoms with Crippen molar-refractivity contribution < 1.29 is 29.0 Å². The Kier molecular flexibility index (Phi) is 8.46. The zero-order chi connectivity index (χ0) is 25.5. The van der Waals surface area contributed by atoms with E-state index in [9.17, 15) is 24.3 Å². The van der Waals surface area contributed by atoms with E-state index in [0.29, 0.717) is 24.9 Å². The number of nitrogens with zero attached hydrogens (tertiary/aromatic N) is 1. The SMILES string of the molecule is Cc1cccc(NC(=O)[C@H](NC(=O)[C@@H]2CCCN2C(=O)OCc2ccccc2)C(C)C)c1C(=O)O. The molecule has 2 aromatic rings. The van der Waals surface area contributed by atoms with E-state index in [0.717, 1.165) is 5.56 Å². The summed E-state index contributed by atoms with van der Waals surface area (Å²) in [4.78, 5) is 51.8. The number of carboxylic acids is 1. The average Bonchev–Trinajstić information content (AvgIpc) is 3.31. The molecule has 1 aliphatic rings. The van der Waals surface area contributed by atoms with Crippen LogP contribution in [-0.2, 0) is 20.9 Å². The van der Waals surface area contributed by atoms with Crippen LogP contribution in [0.2, 0.25) is 0 Å². The highest BCUT2D eigenvalue weighted by molar-refractivity contribution is 6.04. The maximum absolute atomic E-state index is 13.1. The molecule has 0 bridgehead atoms. The first-order valence-corrected chi connectivity index (χ1v) is 11.6. The molecule has 0 saturated carbocycles. The Hall–Kier alpha value is -3.88. The smallest absolute Gasteiger partial charge is 0.410 e. The van der Waals surface area contributed by atoms with E-state index in [1.54, 1.807) is 32.9 Å². The number of carbonyl (C=O) groups excluding carboxylic acids is 3. The van der Waals surface area contributed by atoms with Crippen LogP contribution in [-0.4, -0.2) is 52.5 Å². The monoisotopic (exact) mass is 481 g/mol. The Morgan fingerprint density at radius 3 is 2.46 bits per heavy atom. The molecule has 1 heterocycles. The highest BCUT2D eigenvalue weighted by Gasteiger charge is 2.37. The van der Waals surface area contributed by atoms with Gasteiger partial charge in [0.05, 0.1) is 11.3 Å². The number of likely N-dealkylation sites (tertiary alicyclic amines) is 1. The molecule has 2 atom stereocenters. The van der Waals surface area contributed by atoms with Crippen LogP contribution in [0.3, 0.4) is 0 Å². The number of ether oxygens (including phenoxy) is 1. The third-order valence-electron chi connectivity index (χ3n) is 5.99. The van der Waals surface area contributed by atoms with E-state index in [4.69, 9.17) is 4.74 Å². The number of hydrogen-bond acceptors (Lipinski definition) is 5. The van der Waals surface area contributed by atoms with Crippen LogP contribution >= 0.6 is 0 Å². The van der Waals surface area contributed by atoms with Crippen molar-refractivity contribution in [3.63, 3.8) is 0 Å². The molecule has 186 valence electrons. The van der Waals surface area contributed by atoms with Crippen molar-refractivity contribution in [1.29, 1.82) is 0 Å². The number of benzene rings is 2. The maximum atomic E-state index is 13.1. The molecule has 1 fully saturated rings. The first-order valence-electron chi connectivity index (χ1n) is 11.6. The van der Waals surface area contributed by atoms with E-state index < -0.39 is 36.0 Å². The topological polar surface area (TPSA) is 125 Å². The highest BCUT2D eigenvalue weighted by atomic mass is 16.6. The van der Waals surface area contributed by atoms with Gasteiger partial charge in [-0.3, -0.25) is 14.5 Å².